The van der Waals surface area contributed by atoms with Crippen LogP contribution in [-0.2, 0) is 19.1 Å². The van der Waals surface area contributed by atoms with Crippen molar-refractivity contribution in [1.82, 2.24) is 0 Å². The molecule has 2 atom stereocenters. The number of hydrogen-bond acceptors (Lipinski definition) is 6. The third kappa shape index (κ3) is 12.3. The van der Waals surface area contributed by atoms with Crippen LogP contribution in [0, 0.1) is 11.8 Å². The summed E-state index contributed by atoms with van der Waals surface area (Å²) in [5.74, 6) is 0.112. The zero-order chi connectivity index (χ0) is 18.5. The highest BCUT2D eigenvalue weighted by Gasteiger charge is 2.17. The number of carbonyl (C=O) groups is 2. The first-order chi connectivity index (χ1) is 11.2. The van der Waals surface area contributed by atoms with Gasteiger partial charge in [0.05, 0.1) is 13.2 Å². The molecule has 24 heavy (non-hydrogen) atoms. The van der Waals surface area contributed by atoms with Crippen molar-refractivity contribution >= 4 is 11.9 Å². The fourth-order valence-corrected chi connectivity index (χ4v) is 2.33. The minimum absolute atomic E-state index is 0.322. The average Bonchev–Trinajstić information content (AvgIpc) is 2.47. The Morgan fingerprint density at radius 1 is 0.708 bits per heavy atom. The molecule has 0 aromatic rings. The van der Waals surface area contributed by atoms with Gasteiger partial charge in [0.15, 0.2) is 0 Å². The van der Waals surface area contributed by atoms with E-state index in [4.69, 9.17) is 20.9 Å². The Hall–Kier alpha value is -1.14. The second kappa shape index (κ2) is 13.2. The molecule has 0 saturated heterocycles. The molecule has 0 saturated carbocycles. The van der Waals surface area contributed by atoms with Crippen molar-refractivity contribution in [1.29, 1.82) is 0 Å². The molecule has 6 nitrogen and oxygen atoms in total. The number of unbranched alkanes of at least 4 members (excludes halogenated alkanes) is 3. The minimum atomic E-state index is -0.528. The van der Waals surface area contributed by atoms with E-state index < -0.39 is 12.1 Å². The number of carbonyl (C=O) groups excluding carboxylic acids is 2. The Bertz CT molecular complexity index is 325. The van der Waals surface area contributed by atoms with Crippen molar-refractivity contribution in [3.63, 3.8) is 0 Å². The number of rotatable bonds is 13. The molecule has 0 aliphatic carbocycles. The summed E-state index contributed by atoms with van der Waals surface area (Å²) in [5.41, 5.74) is 11.5. The molecule has 0 spiro atoms. The Morgan fingerprint density at radius 3 is 1.33 bits per heavy atom. The number of esters is 2. The van der Waals surface area contributed by atoms with Crippen LogP contribution in [0.4, 0.5) is 0 Å². The smallest absolute Gasteiger partial charge is 0.322 e. The van der Waals surface area contributed by atoms with Crippen LogP contribution in [-0.4, -0.2) is 37.2 Å². The van der Waals surface area contributed by atoms with E-state index in [-0.39, 0.29) is 11.9 Å². The lowest BCUT2D eigenvalue weighted by Gasteiger charge is -2.14. The van der Waals surface area contributed by atoms with E-state index in [0.717, 1.165) is 25.7 Å². The molecule has 0 aliphatic rings. The van der Waals surface area contributed by atoms with Crippen molar-refractivity contribution in [2.24, 2.45) is 23.3 Å². The van der Waals surface area contributed by atoms with Crippen LogP contribution in [0.25, 0.3) is 0 Å². The molecule has 0 bridgehead atoms. The zero-order valence-corrected chi connectivity index (χ0v) is 15.8. The van der Waals surface area contributed by atoms with Gasteiger partial charge in [0.25, 0.3) is 0 Å². The summed E-state index contributed by atoms with van der Waals surface area (Å²) < 4.78 is 10.3. The topological polar surface area (TPSA) is 105 Å². The second-order valence-electron chi connectivity index (χ2n) is 7.22. The third-order valence-electron chi connectivity index (χ3n) is 3.58. The van der Waals surface area contributed by atoms with Gasteiger partial charge in [0, 0.05) is 0 Å². The highest BCUT2D eigenvalue weighted by molar-refractivity contribution is 5.75. The van der Waals surface area contributed by atoms with Gasteiger partial charge >= 0.3 is 11.9 Å². The van der Waals surface area contributed by atoms with E-state index in [1.165, 1.54) is 0 Å². The highest BCUT2D eigenvalue weighted by Crippen LogP contribution is 2.07. The van der Waals surface area contributed by atoms with Gasteiger partial charge in [-0.3, -0.25) is 9.59 Å². The lowest BCUT2D eigenvalue weighted by Crippen LogP contribution is -2.33. The molecule has 4 N–H and O–H groups in total. The summed E-state index contributed by atoms with van der Waals surface area (Å²) >= 11 is 0. The molecule has 0 heterocycles. The second-order valence-corrected chi connectivity index (χ2v) is 7.22. The Balaban J connectivity index is 3.54. The molecule has 0 radical (unpaired) electrons. The molecule has 0 fully saturated rings. The van der Waals surface area contributed by atoms with E-state index in [0.29, 0.717) is 37.9 Å². The van der Waals surface area contributed by atoms with Crippen molar-refractivity contribution in [3.8, 4) is 0 Å². The Morgan fingerprint density at radius 2 is 1.04 bits per heavy atom. The molecule has 0 aromatic heterocycles. The Kier molecular flexibility index (Phi) is 12.6. The normalized spacial score (nSPS) is 13.8. The summed E-state index contributed by atoms with van der Waals surface area (Å²) in [6.45, 7) is 8.88. The van der Waals surface area contributed by atoms with Crippen LogP contribution in [0.3, 0.4) is 0 Å². The number of ether oxygens (including phenoxy) is 2. The SMILES string of the molecule is CC(C)CC(N)C(=O)OCCCCCCOC(=O)C(N)CC(C)C. The maximum absolute atomic E-state index is 11.6. The van der Waals surface area contributed by atoms with E-state index in [1.807, 2.05) is 27.7 Å². The summed E-state index contributed by atoms with van der Waals surface area (Å²) in [6.07, 6.45) is 4.71. The van der Waals surface area contributed by atoms with Crippen LogP contribution in [0.5, 0.6) is 0 Å². The molecular weight excluding hydrogens is 308 g/mol. The fraction of sp³-hybridized carbons (Fsp3) is 0.889. The minimum Gasteiger partial charge on any atom is -0.465 e. The molecule has 0 amide bonds. The highest BCUT2D eigenvalue weighted by atomic mass is 16.5. The molecule has 6 heteroatoms. The summed E-state index contributed by atoms with van der Waals surface area (Å²) in [5, 5.41) is 0. The monoisotopic (exact) mass is 344 g/mol. The van der Waals surface area contributed by atoms with Gasteiger partial charge in [-0.05, 0) is 50.4 Å². The van der Waals surface area contributed by atoms with Gasteiger partial charge in [-0.25, -0.2) is 0 Å². The van der Waals surface area contributed by atoms with Gasteiger partial charge in [-0.2, -0.15) is 0 Å². The van der Waals surface area contributed by atoms with Gasteiger partial charge in [-0.1, -0.05) is 27.7 Å². The lowest BCUT2D eigenvalue weighted by atomic mass is 10.1. The first-order valence-corrected chi connectivity index (χ1v) is 9.08. The molecule has 0 rings (SSSR count). The van der Waals surface area contributed by atoms with E-state index in [1.54, 1.807) is 0 Å². The van der Waals surface area contributed by atoms with Crippen molar-refractivity contribution in [2.75, 3.05) is 13.2 Å². The van der Waals surface area contributed by atoms with Crippen LogP contribution in [0.2, 0.25) is 0 Å². The molecule has 2 unspecified atom stereocenters. The van der Waals surface area contributed by atoms with Crippen LogP contribution < -0.4 is 11.5 Å². The molecule has 142 valence electrons. The fourth-order valence-electron chi connectivity index (χ4n) is 2.33. The Labute approximate surface area is 146 Å². The third-order valence-corrected chi connectivity index (χ3v) is 3.58. The molecule has 0 aromatic carbocycles. The van der Waals surface area contributed by atoms with E-state index >= 15 is 0 Å². The lowest BCUT2D eigenvalue weighted by molar-refractivity contribution is -0.146. The van der Waals surface area contributed by atoms with Crippen LogP contribution >= 0.6 is 0 Å². The van der Waals surface area contributed by atoms with Gasteiger partial charge in [0.2, 0.25) is 0 Å². The standard InChI is InChI=1S/C18H36N2O4/c1-13(2)11-15(19)17(21)23-9-7-5-6-8-10-24-18(22)16(20)12-14(3)4/h13-16H,5-12,19-20H2,1-4H3. The number of hydrogen-bond donors (Lipinski definition) is 2. The van der Waals surface area contributed by atoms with E-state index in [2.05, 4.69) is 0 Å². The van der Waals surface area contributed by atoms with Crippen molar-refractivity contribution in [2.45, 2.75) is 78.3 Å². The summed E-state index contributed by atoms with van der Waals surface area (Å²) in [6, 6.07) is -1.06. The average molecular weight is 344 g/mol. The maximum Gasteiger partial charge on any atom is 0.322 e. The van der Waals surface area contributed by atoms with E-state index in [9.17, 15) is 9.59 Å². The first kappa shape index (κ1) is 22.9. The van der Waals surface area contributed by atoms with Crippen LogP contribution in [0.15, 0.2) is 0 Å². The quantitative estimate of drug-likeness (QED) is 0.392. The summed E-state index contributed by atoms with van der Waals surface area (Å²) in [4.78, 5) is 23.2. The van der Waals surface area contributed by atoms with Crippen LogP contribution in [0.1, 0.15) is 66.2 Å². The van der Waals surface area contributed by atoms with Crippen molar-refractivity contribution in [3.05, 3.63) is 0 Å². The molecule has 0 aliphatic heterocycles. The number of nitrogens with two attached hydrogens (primary N) is 2. The van der Waals surface area contributed by atoms with Gasteiger partial charge in [-0.15, -0.1) is 0 Å². The summed E-state index contributed by atoms with van der Waals surface area (Å²) in [7, 11) is 0. The predicted octanol–water partition coefficient (Wildman–Crippen LogP) is 2.38. The first-order valence-electron chi connectivity index (χ1n) is 9.08. The predicted molar refractivity (Wildman–Crippen MR) is 95.2 cm³/mol. The zero-order valence-electron chi connectivity index (χ0n) is 15.8. The van der Waals surface area contributed by atoms with Gasteiger partial charge in [0.1, 0.15) is 12.1 Å². The van der Waals surface area contributed by atoms with Gasteiger partial charge < -0.3 is 20.9 Å². The van der Waals surface area contributed by atoms with Crippen molar-refractivity contribution < 1.29 is 19.1 Å². The largest absolute Gasteiger partial charge is 0.465 e. The molecular formula is C18H36N2O4. The maximum atomic E-state index is 11.6.